The zero-order valence-electron chi connectivity index (χ0n) is 13.5. The van der Waals surface area contributed by atoms with E-state index in [1.54, 1.807) is 11.3 Å². The van der Waals surface area contributed by atoms with E-state index in [4.69, 9.17) is 0 Å². The topological polar surface area (TPSA) is 62.0 Å². The van der Waals surface area contributed by atoms with E-state index in [0.717, 1.165) is 22.1 Å². The van der Waals surface area contributed by atoms with Crippen molar-refractivity contribution in [3.63, 3.8) is 0 Å². The lowest BCUT2D eigenvalue weighted by Gasteiger charge is -2.01. The summed E-state index contributed by atoms with van der Waals surface area (Å²) in [5.74, 6) is 0.505. The number of thiazole rings is 1. The highest BCUT2D eigenvalue weighted by molar-refractivity contribution is 7.15. The first kappa shape index (κ1) is 16.0. The summed E-state index contributed by atoms with van der Waals surface area (Å²) in [7, 11) is 0. The van der Waals surface area contributed by atoms with Crippen molar-refractivity contribution >= 4 is 28.0 Å². The number of azo groups is 1. The van der Waals surface area contributed by atoms with E-state index in [9.17, 15) is 0 Å². The molecule has 24 heavy (non-hydrogen) atoms. The summed E-state index contributed by atoms with van der Waals surface area (Å²) in [6.45, 7) is 4.02. The Morgan fingerprint density at radius 2 is 1.62 bits per heavy atom. The SMILES string of the molecule is Cc1nc(NN=C(/N=N\c2ccccc2)c2ccccc2)sc1C. The summed E-state index contributed by atoms with van der Waals surface area (Å²) >= 11 is 1.56. The number of anilines is 1. The molecule has 0 atom stereocenters. The Labute approximate surface area is 144 Å². The van der Waals surface area contributed by atoms with Crippen LogP contribution in [-0.2, 0) is 0 Å². The Morgan fingerprint density at radius 3 is 2.25 bits per heavy atom. The van der Waals surface area contributed by atoms with Crippen molar-refractivity contribution in [1.82, 2.24) is 4.98 Å². The van der Waals surface area contributed by atoms with Crippen LogP contribution in [0.2, 0.25) is 0 Å². The summed E-state index contributed by atoms with van der Waals surface area (Å²) in [4.78, 5) is 5.59. The number of hydrogen-bond acceptors (Lipinski definition) is 5. The minimum absolute atomic E-state index is 0.505. The lowest BCUT2D eigenvalue weighted by molar-refractivity contribution is 1.18. The van der Waals surface area contributed by atoms with Gasteiger partial charge in [-0.3, -0.25) is 5.43 Å². The van der Waals surface area contributed by atoms with E-state index < -0.39 is 0 Å². The molecule has 120 valence electrons. The smallest absolute Gasteiger partial charge is 0.203 e. The van der Waals surface area contributed by atoms with Crippen molar-refractivity contribution in [3.05, 3.63) is 76.8 Å². The highest BCUT2D eigenvalue weighted by atomic mass is 32.1. The van der Waals surface area contributed by atoms with Crippen LogP contribution < -0.4 is 5.43 Å². The fraction of sp³-hybridized carbons (Fsp3) is 0.111. The molecular formula is C18H17N5S. The first-order chi connectivity index (χ1) is 11.7. The van der Waals surface area contributed by atoms with Gasteiger partial charge in [0.15, 0.2) is 0 Å². The van der Waals surface area contributed by atoms with E-state index in [-0.39, 0.29) is 0 Å². The van der Waals surface area contributed by atoms with E-state index in [0.29, 0.717) is 5.84 Å². The molecule has 0 radical (unpaired) electrons. The number of rotatable bonds is 4. The number of nitrogens with zero attached hydrogens (tertiary/aromatic N) is 4. The van der Waals surface area contributed by atoms with Crippen molar-refractivity contribution in [3.8, 4) is 0 Å². The first-order valence-corrected chi connectivity index (χ1v) is 8.34. The molecule has 5 nitrogen and oxygen atoms in total. The molecule has 3 rings (SSSR count). The monoisotopic (exact) mass is 335 g/mol. The van der Waals surface area contributed by atoms with Gasteiger partial charge in [-0.2, -0.15) is 5.10 Å². The van der Waals surface area contributed by atoms with Crippen LogP contribution in [0.4, 0.5) is 10.8 Å². The van der Waals surface area contributed by atoms with Crippen molar-refractivity contribution < 1.29 is 0 Å². The number of aryl methyl sites for hydroxylation is 2. The van der Waals surface area contributed by atoms with Crippen molar-refractivity contribution in [2.75, 3.05) is 5.43 Å². The summed E-state index contributed by atoms with van der Waals surface area (Å²) in [6.07, 6.45) is 0. The first-order valence-electron chi connectivity index (χ1n) is 7.52. The quantitative estimate of drug-likeness (QED) is 0.304. The maximum Gasteiger partial charge on any atom is 0.203 e. The van der Waals surface area contributed by atoms with Crippen molar-refractivity contribution in [2.45, 2.75) is 13.8 Å². The highest BCUT2D eigenvalue weighted by Crippen LogP contribution is 2.21. The van der Waals surface area contributed by atoms with Crippen LogP contribution in [0.1, 0.15) is 16.1 Å². The second-order valence-corrected chi connectivity index (χ2v) is 6.31. The van der Waals surface area contributed by atoms with Gasteiger partial charge in [0.2, 0.25) is 11.0 Å². The Balaban J connectivity index is 1.87. The third-order valence-corrected chi connectivity index (χ3v) is 4.31. The van der Waals surface area contributed by atoms with Gasteiger partial charge in [0.25, 0.3) is 0 Å². The number of hydrazone groups is 1. The van der Waals surface area contributed by atoms with Crippen LogP contribution in [0.5, 0.6) is 0 Å². The van der Waals surface area contributed by atoms with Gasteiger partial charge >= 0.3 is 0 Å². The fourth-order valence-corrected chi connectivity index (χ4v) is 2.71. The molecule has 1 heterocycles. The lowest BCUT2D eigenvalue weighted by atomic mass is 10.2. The van der Waals surface area contributed by atoms with Crippen molar-refractivity contribution in [2.24, 2.45) is 15.3 Å². The molecule has 0 saturated carbocycles. The molecule has 0 aliphatic carbocycles. The third-order valence-electron chi connectivity index (χ3n) is 3.33. The molecule has 0 spiro atoms. The minimum Gasteiger partial charge on any atom is -0.250 e. The zero-order valence-corrected chi connectivity index (χ0v) is 14.3. The molecule has 0 aliphatic rings. The highest BCUT2D eigenvalue weighted by Gasteiger charge is 2.05. The molecule has 0 bridgehead atoms. The fourth-order valence-electron chi connectivity index (χ4n) is 1.95. The van der Waals surface area contributed by atoms with Gasteiger partial charge in [0, 0.05) is 10.4 Å². The number of benzene rings is 2. The van der Waals surface area contributed by atoms with E-state index >= 15 is 0 Å². The van der Waals surface area contributed by atoms with Gasteiger partial charge in [0.1, 0.15) is 0 Å². The second kappa shape index (κ2) is 7.61. The van der Waals surface area contributed by atoms with Crippen LogP contribution in [0, 0.1) is 13.8 Å². The molecular weight excluding hydrogens is 318 g/mol. The van der Waals surface area contributed by atoms with Crippen LogP contribution in [0.3, 0.4) is 0 Å². The number of hydrogen-bond donors (Lipinski definition) is 1. The van der Waals surface area contributed by atoms with E-state index in [1.807, 2.05) is 74.5 Å². The predicted octanol–water partition coefficient (Wildman–Crippen LogP) is 5.32. The largest absolute Gasteiger partial charge is 0.250 e. The average molecular weight is 335 g/mol. The normalized spacial score (nSPS) is 11.8. The van der Waals surface area contributed by atoms with Crippen molar-refractivity contribution in [1.29, 1.82) is 0 Å². The van der Waals surface area contributed by atoms with Gasteiger partial charge in [-0.15, -0.1) is 21.6 Å². The number of nitrogens with one attached hydrogen (secondary N) is 1. The maximum absolute atomic E-state index is 4.42. The average Bonchev–Trinajstić information content (AvgIpc) is 2.94. The van der Waals surface area contributed by atoms with Gasteiger partial charge in [-0.25, -0.2) is 4.98 Å². The number of aromatic nitrogens is 1. The van der Waals surface area contributed by atoms with Gasteiger partial charge in [-0.1, -0.05) is 48.5 Å². The summed E-state index contributed by atoms with van der Waals surface area (Å²) in [5, 5.41) is 13.7. The Morgan fingerprint density at radius 1 is 0.958 bits per heavy atom. The molecule has 6 heteroatoms. The molecule has 2 aromatic carbocycles. The van der Waals surface area contributed by atoms with Gasteiger partial charge < -0.3 is 0 Å². The molecule has 1 aromatic heterocycles. The van der Waals surface area contributed by atoms with Crippen LogP contribution in [0.15, 0.2) is 76.0 Å². The summed E-state index contributed by atoms with van der Waals surface area (Å²) in [6, 6.07) is 19.3. The summed E-state index contributed by atoms with van der Waals surface area (Å²) in [5.41, 5.74) is 5.65. The van der Waals surface area contributed by atoms with Crippen LogP contribution in [0.25, 0.3) is 0 Å². The summed E-state index contributed by atoms with van der Waals surface area (Å²) < 4.78 is 0. The molecule has 0 amide bonds. The molecule has 1 N–H and O–H groups in total. The molecule has 3 aromatic rings. The van der Waals surface area contributed by atoms with Gasteiger partial charge in [0.05, 0.1) is 11.4 Å². The molecule has 0 saturated heterocycles. The Hall–Kier alpha value is -2.86. The standard InChI is InChI=1S/C18H17N5S/c1-13-14(2)24-18(19-13)23-22-17(15-9-5-3-6-10-15)21-20-16-11-7-4-8-12-16/h3-12H,1-2H3,(H,19,23)/b21-20-,22-17?. The molecule has 0 fully saturated rings. The molecule has 0 unspecified atom stereocenters. The minimum atomic E-state index is 0.505. The van der Waals surface area contributed by atoms with Crippen LogP contribution in [-0.4, -0.2) is 10.8 Å². The zero-order chi connectivity index (χ0) is 16.8. The van der Waals surface area contributed by atoms with Gasteiger partial charge in [-0.05, 0) is 26.0 Å². The Kier molecular flexibility index (Phi) is 5.08. The third kappa shape index (κ3) is 4.11. The molecule has 0 aliphatic heterocycles. The van der Waals surface area contributed by atoms with E-state index in [2.05, 4.69) is 25.7 Å². The second-order valence-electron chi connectivity index (χ2n) is 5.11. The van der Waals surface area contributed by atoms with E-state index in [1.165, 1.54) is 4.88 Å². The van der Waals surface area contributed by atoms with Crippen LogP contribution >= 0.6 is 11.3 Å². The maximum atomic E-state index is 4.42. The Bertz CT molecular complexity index is 834. The lowest BCUT2D eigenvalue weighted by Crippen LogP contribution is -2.00. The predicted molar refractivity (Wildman–Crippen MR) is 99.1 cm³/mol. The number of amidine groups is 1.